The van der Waals surface area contributed by atoms with E-state index in [0.29, 0.717) is 0 Å². The summed E-state index contributed by atoms with van der Waals surface area (Å²) in [5.74, 6) is 3.61. The number of nitrogens with zero attached hydrogens (tertiary/aromatic N) is 3. The van der Waals surface area contributed by atoms with E-state index in [1.165, 1.54) is 32.1 Å². The SMILES string of the molecule is Cc1noc(C)c1CSc1n[nH]c(CCC2CCCC2)n1. The molecule has 0 radical (unpaired) electrons. The molecule has 1 N–H and O–H groups in total. The Balaban J connectivity index is 1.50. The minimum absolute atomic E-state index is 0.807. The predicted molar refractivity (Wildman–Crippen MR) is 82.2 cm³/mol. The van der Waals surface area contributed by atoms with E-state index in [2.05, 4.69) is 20.3 Å². The highest BCUT2D eigenvalue weighted by molar-refractivity contribution is 7.98. The summed E-state index contributed by atoms with van der Waals surface area (Å²) >= 11 is 1.63. The zero-order chi connectivity index (χ0) is 14.7. The molecule has 0 saturated heterocycles. The molecular formula is C15H22N4OS. The lowest BCUT2D eigenvalue weighted by atomic mass is 10.0. The van der Waals surface area contributed by atoms with Gasteiger partial charge < -0.3 is 4.52 Å². The van der Waals surface area contributed by atoms with Crippen LogP contribution in [0.1, 0.15) is 54.9 Å². The van der Waals surface area contributed by atoms with Crippen molar-refractivity contribution in [2.24, 2.45) is 5.92 Å². The standard InChI is InChI=1S/C15H22N4OS/c1-10-13(11(2)20-19-10)9-21-15-16-14(17-18-15)8-7-12-5-3-4-6-12/h12H,3-9H2,1-2H3,(H,16,17,18). The van der Waals surface area contributed by atoms with Gasteiger partial charge in [0, 0.05) is 17.7 Å². The Bertz CT molecular complexity index is 567. The third-order valence-electron chi connectivity index (χ3n) is 4.30. The van der Waals surface area contributed by atoms with Gasteiger partial charge in [-0.2, -0.15) is 0 Å². The Hall–Kier alpha value is -1.30. The van der Waals surface area contributed by atoms with E-state index in [9.17, 15) is 0 Å². The fourth-order valence-corrected chi connectivity index (χ4v) is 3.91. The molecule has 1 fully saturated rings. The van der Waals surface area contributed by atoms with Crippen LogP contribution < -0.4 is 0 Å². The second-order valence-electron chi connectivity index (χ2n) is 5.85. The van der Waals surface area contributed by atoms with Crippen LogP contribution in [-0.4, -0.2) is 20.3 Å². The second-order valence-corrected chi connectivity index (χ2v) is 6.79. The summed E-state index contributed by atoms with van der Waals surface area (Å²) in [5, 5.41) is 12.2. The third-order valence-corrected chi connectivity index (χ3v) is 5.18. The average molecular weight is 306 g/mol. The lowest BCUT2D eigenvalue weighted by Gasteiger charge is -2.05. The van der Waals surface area contributed by atoms with Crippen LogP contribution in [0.4, 0.5) is 0 Å². The van der Waals surface area contributed by atoms with Crippen LogP contribution in [0.3, 0.4) is 0 Å². The number of rotatable bonds is 6. The Kier molecular flexibility index (Phi) is 4.63. The Morgan fingerprint density at radius 3 is 2.81 bits per heavy atom. The molecule has 2 heterocycles. The summed E-state index contributed by atoms with van der Waals surface area (Å²) in [6.45, 7) is 3.91. The largest absolute Gasteiger partial charge is 0.361 e. The van der Waals surface area contributed by atoms with Crippen LogP contribution >= 0.6 is 11.8 Å². The van der Waals surface area contributed by atoms with Crippen molar-refractivity contribution < 1.29 is 4.52 Å². The summed E-state index contributed by atoms with van der Waals surface area (Å²) in [5.41, 5.74) is 2.11. The monoisotopic (exact) mass is 306 g/mol. The van der Waals surface area contributed by atoms with Gasteiger partial charge in [0.25, 0.3) is 0 Å². The van der Waals surface area contributed by atoms with Crippen molar-refractivity contribution in [3.63, 3.8) is 0 Å². The van der Waals surface area contributed by atoms with Gasteiger partial charge in [-0.3, -0.25) is 5.10 Å². The highest BCUT2D eigenvalue weighted by atomic mass is 32.2. The molecule has 0 aromatic carbocycles. The van der Waals surface area contributed by atoms with Gasteiger partial charge >= 0.3 is 0 Å². The zero-order valence-electron chi connectivity index (χ0n) is 12.7. The van der Waals surface area contributed by atoms with Crippen LogP contribution in [0.15, 0.2) is 9.68 Å². The van der Waals surface area contributed by atoms with E-state index in [0.717, 1.165) is 46.1 Å². The Morgan fingerprint density at radius 1 is 1.29 bits per heavy atom. The van der Waals surface area contributed by atoms with Crippen LogP contribution in [0.2, 0.25) is 0 Å². The maximum absolute atomic E-state index is 5.17. The first-order valence-electron chi connectivity index (χ1n) is 7.68. The predicted octanol–water partition coefficient (Wildman–Crippen LogP) is 3.82. The highest BCUT2D eigenvalue weighted by Crippen LogP contribution is 2.28. The van der Waals surface area contributed by atoms with Crippen molar-refractivity contribution in [1.29, 1.82) is 0 Å². The molecule has 2 aromatic rings. The molecule has 0 atom stereocenters. The van der Waals surface area contributed by atoms with Crippen LogP contribution in [0.5, 0.6) is 0 Å². The van der Waals surface area contributed by atoms with Crippen molar-refractivity contribution >= 4 is 11.8 Å². The van der Waals surface area contributed by atoms with E-state index in [1.807, 2.05) is 13.8 Å². The maximum Gasteiger partial charge on any atom is 0.208 e. The number of aromatic amines is 1. The lowest BCUT2D eigenvalue weighted by Crippen LogP contribution is -1.97. The zero-order valence-corrected chi connectivity index (χ0v) is 13.5. The molecule has 0 aliphatic heterocycles. The van der Waals surface area contributed by atoms with Crippen molar-refractivity contribution in [2.75, 3.05) is 0 Å². The smallest absolute Gasteiger partial charge is 0.208 e. The molecule has 21 heavy (non-hydrogen) atoms. The van der Waals surface area contributed by atoms with E-state index in [-0.39, 0.29) is 0 Å². The number of hydrogen-bond acceptors (Lipinski definition) is 5. The van der Waals surface area contributed by atoms with Gasteiger partial charge in [-0.25, -0.2) is 4.98 Å². The van der Waals surface area contributed by atoms with E-state index in [1.54, 1.807) is 11.8 Å². The van der Waals surface area contributed by atoms with Gasteiger partial charge in [-0.15, -0.1) is 5.10 Å². The molecule has 5 nitrogen and oxygen atoms in total. The molecule has 6 heteroatoms. The quantitative estimate of drug-likeness (QED) is 0.822. The molecule has 3 rings (SSSR count). The first-order chi connectivity index (χ1) is 10.2. The van der Waals surface area contributed by atoms with Gasteiger partial charge in [0.05, 0.1) is 5.69 Å². The van der Waals surface area contributed by atoms with Crippen LogP contribution in [0, 0.1) is 19.8 Å². The molecule has 2 aromatic heterocycles. The van der Waals surface area contributed by atoms with Crippen molar-refractivity contribution in [3.05, 3.63) is 22.8 Å². The van der Waals surface area contributed by atoms with Gasteiger partial charge in [0.2, 0.25) is 5.16 Å². The number of aryl methyl sites for hydroxylation is 3. The summed E-state index contributed by atoms with van der Waals surface area (Å²) < 4.78 is 5.17. The minimum Gasteiger partial charge on any atom is -0.361 e. The van der Waals surface area contributed by atoms with Crippen LogP contribution in [-0.2, 0) is 12.2 Å². The Morgan fingerprint density at radius 2 is 2.10 bits per heavy atom. The molecule has 1 saturated carbocycles. The molecule has 0 unspecified atom stereocenters. The summed E-state index contributed by atoms with van der Waals surface area (Å²) in [6, 6.07) is 0. The van der Waals surface area contributed by atoms with Crippen LogP contribution in [0.25, 0.3) is 0 Å². The van der Waals surface area contributed by atoms with E-state index < -0.39 is 0 Å². The third kappa shape index (κ3) is 3.67. The second kappa shape index (κ2) is 6.64. The fourth-order valence-electron chi connectivity index (χ4n) is 2.94. The highest BCUT2D eigenvalue weighted by Gasteiger charge is 2.16. The Labute approximate surface area is 129 Å². The fraction of sp³-hybridized carbons (Fsp3) is 0.667. The van der Waals surface area contributed by atoms with E-state index >= 15 is 0 Å². The molecule has 0 amide bonds. The first kappa shape index (κ1) is 14.6. The number of thioether (sulfide) groups is 1. The first-order valence-corrected chi connectivity index (χ1v) is 8.66. The van der Waals surface area contributed by atoms with Gasteiger partial charge in [-0.1, -0.05) is 42.6 Å². The van der Waals surface area contributed by atoms with Gasteiger partial charge in [-0.05, 0) is 26.2 Å². The summed E-state index contributed by atoms with van der Waals surface area (Å²) in [4.78, 5) is 4.58. The maximum atomic E-state index is 5.17. The van der Waals surface area contributed by atoms with Gasteiger partial charge in [0.1, 0.15) is 11.6 Å². The lowest BCUT2D eigenvalue weighted by molar-refractivity contribution is 0.392. The van der Waals surface area contributed by atoms with Crippen molar-refractivity contribution in [1.82, 2.24) is 20.3 Å². The normalized spacial score (nSPS) is 15.9. The number of hydrogen-bond donors (Lipinski definition) is 1. The topological polar surface area (TPSA) is 67.6 Å². The van der Waals surface area contributed by atoms with Crippen molar-refractivity contribution in [2.45, 2.75) is 63.3 Å². The van der Waals surface area contributed by atoms with Crippen molar-refractivity contribution in [3.8, 4) is 0 Å². The van der Waals surface area contributed by atoms with Gasteiger partial charge in [0.15, 0.2) is 0 Å². The number of H-pyrrole nitrogens is 1. The number of aromatic nitrogens is 4. The van der Waals surface area contributed by atoms with E-state index in [4.69, 9.17) is 4.52 Å². The molecular weight excluding hydrogens is 284 g/mol. The summed E-state index contributed by atoms with van der Waals surface area (Å²) in [7, 11) is 0. The molecule has 114 valence electrons. The molecule has 0 bridgehead atoms. The average Bonchev–Trinajstić information content (AvgIpc) is 3.18. The number of nitrogens with one attached hydrogen (secondary N) is 1. The molecule has 0 spiro atoms. The minimum atomic E-state index is 0.807. The summed E-state index contributed by atoms with van der Waals surface area (Å²) in [6.07, 6.45) is 7.84. The molecule has 1 aliphatic rings. The molecule has 1 aliphatic carbocycles.